The molecule has 0 heterocycles. The molecule has 0 aliphatic carbocycles. The smallest absolute Gasteiger partial charge is 0.384 e. The number of hydrogen-bond donors (Lipinski definition) is 1. The Morgan fingerprint density at radius 3 is 2.93 bits per heavy atom. The summed E-state index contributed by atoms with van der Waals surface area (Å²) in [6.07, 6.45) is 0. The Bertz CT molecular complexity index is 429. The van der Waals surface area contributed by atoms with Crippen LogP contribution in [0.5, 0.6) is 0 Å². The van der Waals surface area contributed by atoms with Crippen LogP contribution in [0.4, 0.5) is 0 Å². The fourth-order valence-corrected chi connectivity index (χ4v) is 1.10. The van der Waals surface area contributed by atoms with Crippen molar-refractivity contribution in [3.63, 3.8) is 0 Å². The highest BCUT2D eigenvalue weighted by atomic mass is 35.5. The summed E-state index contributed by atoms with van der Waals surface area (Å²) in [6.45, 7) is -0.0932. The van der Waals surface area contributed by atoms with Gasteiger partial charge in [0, 0.05) is 11.5 Å². The predicted molar refractivity (Wildman–Crippen MR) is 56.3 cm³/mol. The molecule has 1 rings (SSSR count). The normalized spacial score (nSPS) is 9.00. The molecule has 15 heavy (non-hydrogen) atoms. The van der Waals surface area contributed by atoms with Crippen molar-refractivity contribution in [2.24, 2.45) is 0 Å². The van der Waals surface area contributed by atoms with Crippen LogP contribution in [-0.4, -0.2) is 18.2 Å². The number of halogens is 1. The summed E-state index contributed by atoms with van der Waals surface area (Å²) < 4.78 is 4.36. The third-order valence-corrected chi connectivity index (χ3v) is 2.03. The molecule has 0 amide bonds. The summed E-state index contributed by atoms with van der Waals surface area (Å²) in [5.74, 6) is 4.21. The number of methoxy groups -OCH3 is 1. The molecular formula is C11H9ClO3. The fraction of sp³-hybridized carbons (Fsp3) is 0.182. The highest BCUT2D eigenvalue weighted by molar-refractivity contribution is 6.31. The molecule has 0 saturated heterocycles. The summed E-state index contributed by atoms with van der Waals surface area (Å²) in [6, 6.07) is 4.93. The van der Waals surface area contributed by atoms with Crippen molar-refractivity contribution in [3.8, 4) is 11.8 Å². The van der Waals surface area contributed by atoms with Gasteiger partial charge >= 0.3 is 5.97 Å². The van der Waals surface area contributed by atoms with Crippen molar-refractivity contribution < 1.29 is 14.6 Å². The van der Waals surface area contributed by atoms with Crippen LogP contribution < -0.4 is 0 Å². The third-order valence-electron chi connectivity index (χ3n) is 1.70. The Hall–Kier alpha value is -1.50. The zero-order valence-electron chi connectivity index (χ0n) is 8.08. The molecule has 3 nitrogen and oxygen atoms in total. The molecule has 0 saturated carbocycles. The molecule has 78 valence electrons. The maximum atomic E-state index is 10.8. The van der Waals surface area contributed by atoms with Crippen LogP contribution in [-0.2, 0) is 16.1 Å². The second kappa shape index (κ2) is 5.40. The van der Waals surface area contributed by atoms with E-state index in [0.717, 1.165) is 0 Å². The van der Waals surface area contributed by atoms with Crippen molar-refractivity contribution in [3.05, 3.63) is 34.3 Å². The predicted octanol–water partition coefficient (Wildman–Crippen LogP) is 1.36. The molecular weight excluding hydrogens is 216 g/mol. The van der Waals surface area contributed by atoms with E-state index in [4.69, 9.17) is 16.7 Å². The van der Waals surface area contributed by atoms with Crippen LogP contribution in [0.25, 0.3) is 0 Å². The van der Waals surface area contributed by atoms with Gasteiger partial charge in [-0.15, -0.1) is 0 Å². The SMILES string of the molecule is COC(=O)C#Cc1cc(CO)ccc1Cl. The highest BCUT2D eigenvalue weighted by Gasteiger charge is 1.99. The van der Waals surface area contributed by atoms with Crippen LogP contribution >= 0.6 is 11.6 Å². The number of benzene rings is 1. The zero-order chi connectivity index (χ0) is 11.3. The third kappa shape index (κ3) is 3.28. The quantitative estimate of drug-likeness (QED) is 0.579. The van der Waals surface area contributed by atoms with E-state index in [2.05, 4.69) is 16.6 Å². The van der Waals surface area contributed by atoms with Gasteiger partial charge in [0.15, 0.2) is 0 Å². The lowest BCUT2D eigenvalue weighted by Crippen LogP contribution is -1.94. The minimum Gasteiger partial charge on any atom is -0.459 e. The Kier molecular flexibility index (Phi) is 4.17. The van der Waals surface area contributed by atoms with Gasteiger partial charge < -0.3 is 9.84 Å². The first kappa shape index (κ1) is 11.6. The van der Waals surface area contributed by atoms with Gasteiger partial charge in [-0.05, 0) is 17.7 Å². The van der Waals surface area contributed by atoms with Gasteiger partial charge in [0.05, 0.1) is 18.7 Å². The van der Waals surface area contributed by atoms with Crippen molar-refractivity contribution in [1.29, 1.82) is 0 Å². The molecule has 1 aromatic rings. The summed E-state index contributed by atoms with van der Waals surface area (Å²) in [5, 5.41) is 9.33. The van der Waals surface area contributed by atoms with Gasteiger partial charge in [-0.2, -0.15) is 0 Å². The monoisotopic (exact) mass is 224 g/mol. The van der Waals surface area contributed by atoms with Crippen molar-refractivity contribution in [1.82, 2.24) is 0 Å². The minimum absolute atomic E-state index is 0.0932. The van der Waals surface area contributed by atoms with Gasteiger partial charge in [0.1, 0.15) is 0 Å². The average molecular weight is 225 g/mol. The van der Waals surface area contributed by atoms with Crippen molar-refractivity contribution >= 4 is 17.6 Å². The average Bonchev–Trinajstić information content (AvgIpc) is 2.27. The van der Waals surface area contributed by atoms with E-state index in [1.807, 2.05) is 0 Å². The van der Waals surface area contributed by atoms with E-state index in [0.29, 0.717) is 16.1 Å². The first-order chi connectivity index (χ1) is 7.17. The highest BCUT2D eigenvalue weighted by Crippen LogP contribution is 2.16. The Labute approximate surface area is 92.6 Å². The number of esters is 1. The van der Waals surface area contributed by atoms with E-state index < -0.39 is 5.97 Å². The molecule has 0 atom stereocenters. The van der Waals surface area contributed by atoms with Crippen LogP contribution in [0.2, 0.25) is 5.02 Å². The van der Waals surface area contributed by atoms with E-state index in [1.165, 1.54) is 7.11 Å². The fourth-order valence-electron chi connectivity index (χ4n) is 0.936. The summed E-state index contributed by atoms with van der Waals surface area (Å²) in [7, 11) is 1.25. The lowest BCUT2D eigenvalue weighted by molar-refractivity contribution is -0.133. The Balaban J connectivity index is 3.01. The van der Waals surface area contributed by atoms with Crippen LogP contribution in [0, 0.1) is 11.8 Å². The maximum Gasteiger partial charge on any atom is 0.384 e. The largest absolute Gasteiger partial charge is 0.459 e. The molecule has 0 radical (unpaired) electrons. The topological polar surface area (TPSA) is 46.5 Å². The van der Waals surface area contributed by atoms with Gasteiger partial charge in [0.2, 0.25) is 0 Å². The number of carbonyl (C=O) groups excluding carboxylic acids is 1. The first-order valence-corrected chi connectivity index (χ1v) is 4.54. The Morgan fingerprint density at radius 2 is 2.33 bits per heavy atom. The summed E-state index contributed by atoms with van der Waals surface area (Å²) in [5.41, 5.74) is 1.18. The molecule has 4 heteroatoms. The van der Waals surface area contributed by atoms with Gasteiger partial charge in [-0.3, -0.25) is 0 Å². The standard InChI is InChI=1S/C11H9ClO3/c1-15-11(14)5-3-9-6-8(7-13)2-4-10(9)12/h2,4,6,13H,7H2,1H3. The molecule has 0 bridgehead atoms. The van der Waals surface area contributed by atoms with Crippen molar-refractivity contribution in [2.75, 3.05) is 7.11 Å². The minimum atomic E-state index is -0.625. The molecule has 1 aromatic carbocycles. The number of aliphatic hydroxyl groups excluding tert-OH is 1. The lowest BCUT2D eigenvalue weighted by atomic mass is 10.1. The van der Waals surface area contributed by atoms with Crippen LogP contribution in [0.15, 0.2) is 18.2 Å². The van der Waals surface area contributed by atoms with Gasteiger partial charge in [0.25, 0.3) is 0 Å². The van der Waals surface area contributed by atoms with Gasteiger partial charge in [-0.25, -0.2) is 4.79 Å². The molecule has 1 N–H and O–H groups in total. The molecule has 0 spiro atoms. The number of aliphatic hydroxyl groups is 1. The lowest BCUT2D eigenvalue weighted by Gasteiger charge is -1.99. The van der Waals surface area contributed by atoms with E-state index in [1.54, 1.807) is 18.2 Å². The second-order valence-electron chi connectivity index (χ2n) is 2.71. The Morgan fingerprint density at radius 1 is 1.60 bits per heavy atom. The van der Waals surface area contributed by atoms with Crippen LogP contribution in [0.3, 0.4) is 0 Å². The molecule has 0 aliphatic heterocycles. The first-order valence-electron chi connectivity index (χ1n) is 4.16. The van der Waals surface area contributed by atoms with E-state index in [9.17, 15) is 4.79 Å². The van der Waals surface area contributed by atoms with Crippen LogP contribution in [0.1, 0.15) is 11.1 Å². The molecule has 0 unspecified atom stereocenters. The summed E-state index contributed by atoms with van der Waals surface area (Å²) in [4.78, 5) is 10.8. The van der Waals surface area contributed by atoms with E-state index in [-0.39, 0.29) is 6.61 Å². The second-order valence-corrected chi connectivity index (χ2v) is 3.12. The van der Waals surface area contributed by atoms with Gasteiger partial charge in [-0.1, -0.05) is 23.6 Å². The number of rotatable bonds is 1. The van der Waals surface area contributed by atoms with Crippen molar-refractivity contribution in [2.45, 2.75) is 6.61 Å². The number of hydrogen-bond acceptors (Lipinski definition) is 3. The molecule has 0 fully saturated rings. The summed E-state index contributed by atoms with van der Waals surface area (Å²) >= 11 is 5.84. The maximum absolute atomic E-state index is 10.8. The van der Waals surface area contributed by atoms with E-state index >= 15 is 0 Å². The molecule has 0 aliphatic rings. The number of ether oxygens (including phenoxy) is 1. The zero-order valence-corrected chi connectivity index (χ0v) is 8.84. The number of carbonyl (C=O) groups is 1. The molecule has 0 aromatic heterocycles.